The van der Waals surface area contributed by atoms with E-state index in [4.69, 9.17) is 4.98 Å². The molecule has 5 aromatic rings. The molecule has 196 valence electrons. The summed E-state index contributed by atoms with van der Waals surface area (Å²) < 4.78 is 1.91. The molecule has 3 aromatic heterocycles. The van der Waals surface area contributed by atoms with E-state index in [0.717, 1.165) is 59.7 Å². The van der Waals surface area contributed by atoms with Gasteiger partial charge in [-0.05, 0) is 66.4 Å². The van der Waals surface area contributed by atoms with Crippen molar-refractivity contribution in [3.63, 3.8) is 0 Å². The SMILES string of the molecule is C1CCNC1.CCCc1nc2ccnn2c(NCC)c1Cc1ccc(-c2ccccc2-c2nnn[nH]2)cc1. The van der Waals surface area contributed by atoms with Crippen LogP contribution in [0.4, 0.5) is 5.82 Å². The summed E-state index contributed by atoms with van der Waals surface area (Å²) in [6.45, 7) is 7.62. The van der Waals surface area contributed by atoms with Gasteiger partial charge in [-0.3, -0.25) is 0 Å². The summed E-state index contributed by atoms with van der Waals surface area (Å²) in [6.07, 6.45) is 7.35. The quantitative estimate of drug-likeness (QED) is 0.272. The lowest BCUT2D eigenvalue weighted by molar-refractivity contribution is 0.832. The first kappa shape index (κ1) is 25.5. The van der Waals surface area contributed by atoms with Crippen LogP contribution in [0, 0.1) is 0 Å². The van der Waals surface area contributed by atoms with Crippen molar-refractivity contribution in [3.8, 4) is 22.5 Å². The van der Waals surface area contributed by atoms with Crippen LogP contribution in [0.5, 0.6) is 0 Å². The van der Waals surface area contributed by atoms with E-state index in [1.165, 1.54) is 37.1 Å². The molecular formula is C29H35N9. The Morgan fingerprint density at radius 3 is 2.39 bits per heavy atom. The average Bonchev–Trinajstić information content (AvgIpc) is 3.76. The zero-order chi connectivity index (χ0) is 26.2. The molecule has 9 heteroatoms. The van der Waals surface area contributed by atoms with Gasteiger partial charge in [-0.25, -0.2) is 10.1 Å². The molecule has 4 heterocycles. The Bertz CT molecular complexity index is 1430. The number of tetrazole rings is 1. The fourth-order valence-corrected chi connectivity index (χ4v) is 4.85. The van der Waals surface area contributed by atoms with Gasteiger partial charge in [-0.15, -0.1) is 5.10 Å². The number of nitrogens with one attached hydrogen (secondary N) is 3. The van der Waals surface area contributed by atoms with Crippen molar-refractivity contribution in [2.24, 2.45) is 0 Å². The fourth-order valence-electron chi connectivity index (χ4n) is 4.85. The topological polar surface area (TPSA) is 109 Å². The van der Waals surface area contributed by atoms with Crippen molar-refractivity contribution >= 4 is 11.5 Å². The summed E-state index contributed by atoms with van der Waals surface area (Å²) in [5.41, 5.74) is 7.62. The van der Waals surface area contributed by atoms with E-state index in [2.05, 4.69) is 80.5 Å². The van der Waals surface area contributed by atoms with Gasteiger partial charge in [0, 0.05) is 30.2 Å². The third-order valence-corrected chi connectivity index (χ3v) is 6.68. The molecule has 2 aromatic carbocycles. The number of anilines is 1. The number of fused-ring (bicyclic) bond motifs is 1. The van der Waals surface area contributed by atoms with Gasteiger partial charge in [0.2, 0.25) is 0 Å². The smallest absolute Gasteiger partial charge is 0.180 e. The number of hydrogen-bond acceptors (Lipinski definition) is 7. The van der Waals surface area contributed by atoms with Crippen molar-refractivity contribution < 1.29 is 0 Å². The molecule has 0 atom stereocenters. The standard InChI is InChI=1S/C25H26N8.C4H9N/c1-3-7-22-21(25(26-4-2)33-23(28-22)14-15-27-33)16-17-10-12-18(13-11-17)19-8-5-6-9-20(19)24-29-31-32-30-24;1-2-4-5-3-1/h5-6,8-15,26H,3-4,7,16H2,1-2H3,(H,29,30,31,32);5H,1-4H2. The largest absolute Gasteiger partial charge is 0.370 e. The predicted molar refractivity (Wildman–Crippen MR) is 151 cm³/mol. The van der Waals surface area contributed by atoms with Gasteiger partial charge in [-0.2, -0.15) is 9.61 Å². The van der Waals surface area contributed by atoms with Gasteiger partial charge in [0.15, 0.2) is 11.5 Å². The third kappa shape index (κ3) is 5.73. The lowest BCUT2D eigenvalue weighted by atomic mass is 9.96. The lowest BCUT2D eigenvalue weighted by Gasteiger charge is -2.17. The molecule has 9 nitrogen and oxygen atoms in total. The molecule has 38 heavy (non-hydrogen) atoms. The Kier molecular flexibility index (Phi) is 8.35. The van der Waals surface area contributed by atoms with Gasteiger partial charge in [0.25, 0.3) is 0 Å². The molecule has 1 aliphatic rings. The van der Waals surface area contributed by atoms with Crippen LogP contribution in [-0.4, -0.2) is 54.9 Å². The van der Waals surface area contributed by atoms with Gasteiger partial charge < -0.3 is 10.6 Å². The first-order chi connectivity index (χ1) is 18.8. The number of nitrogens with zero attached hydrogens (tertiary/aromatic N) is 6. The summed E-state index contributed by atoms with van der Waals surface area (Å²) >= 11 is 0. The molecule has 0 spiro atoms. The molecule has 0 aliphatic carbocycles. The Balaban J connectivity index is 0.000000529. The summed E-state index contributed by atoms with van der Waals surface area (Å²) in [5.74, 6) is 1.69. The third-order valence-electron chi connectivity index (χ3n) is 6.68. The highest BCUT2D eigenvalue weighted by Crippen LogP contribution is 2.31. The lowest BCUT2D eigenvalue weighted by Crippen LogP contribution is -2.13. The van der Waals surface area contributed by atoms with E-state index in [1.54, 1.807) is 6.20 Å². The summed E-state index contributed by atoms with van der Waals surface area (Å²) in [6, 6.07) is 18.8. The molecule has 1 aliphatic heterocycles. The number of aromatic amines is 1. The minimum atomic E-state index is 0.660. The van der Waals surface area contributed by atoms with Crippen molar-refractivity contribution in [2.75, 3.05) is 25.0 Å². The summed E-state index contributed by atoms with van der Waals surface area (Å²) in [5, 5.41) is 25.6. The first-order valence-corrected chi connectivity index (χ1v) is 13.5. The van der Waals surface area contributed by atoms with E-state index in [1.807, 2.05) is 28.8 Å². The second kappa shape index (κ2) is 12.4. The minimum Gasteiger partial charge on any atom is -0.370 e. The van der Waals surface area contributed by atoms with Crippen LogP contribution in [0.15, 0.2) is 60.8 Å². The zero-order valence-corrected chi connectivity index (χ0v) is 22.1. The van der Waals surface area contributed by atoms with Crippen LogP contribution in [0.1, 0.15) is 49.9 Å². The molecule has 1 fully saturated rings. The molecular weight excluding hydrogens is 474 g/mol. The minimum absolute atomic E-state index is 0.660. The molecule has 0 amide bonds. The number of hydrogen-bond donors (Lipinski definition) is 3. The molecule has 1 saturated heterocycles. The van der Waals surface area contributed by atoms with Gasteiger partial charge in [0.05, 0.1) is 11.9 Å². The molecule has 0 radical (unpaired) electrons. The maximum atomic E-state index is 4.91. The Labute approximate surface area is 223 Å². The van der Waals surface area contributed by atoms with Crippen molar-refractivity contribution in [1.29, 1.82) is 0 Å². The molecule has 6 rings (SSSR count). The van der Waals surface area contributed by atoms with Crippen LogP contribution in [0.3, 0.4) is 0 Å². The molecule has 0 saturated carbocycles. The maximum absolute atomic E-state index is 4.91. The fraction of sp³-hybridized carbons (Fsp3) is 0.345. The van der Waals surface area contributed by atoms with E-state index in [0.29, 0.717) is 5.82 Å². The van der Waals surface area contributed by atoms with Crippen LogP contribution in [0.25, 0.3) is 28.2 Å². The second-order valence-electron chi connectivity index (χ2n) is 9.39. The van der Waals surface area contributed by atoms with Gasteiger partial charge in [0.1, 0.15) is 5.82 Å². The van der Waals surface area contributed by atoms with Crippen molar-refractivity contribution in [2.45, 2.75) is 46.0 Å². The van der Waals surface area contributed by atoms with E-state index in [9.17, 15) is 0 Å². The predicted octanol–water partition coefficient (Wildman–Crippen LogP) is 4.92. The van der Waals surface area contributed by atoms with Crippen LogP contribution in [-0.2, 0) is 12.8 Å². The second-order valence-corrected chi connectivity index (χ2v) is 9.39. The first-order valence-electron chi connectivity index (χ1n) is 13.5. The number of aromatic nitrogens is 7. The number of rotatable bonds is 8. The Morgan fingerprint density at radius 1 is 0.947 bits per heavy atom. The highest BCUT2D eigenvalue weighted by atomic mass is 15.5. The van der Waals surface area contributed by atoms with Crippen LogP contribution in [0.2, 0.25) is 0 Å². The van der Waals surface area contributed by atoms with Crippen LogP contribution >= 0.6 is 0 Å². The maximum Gasteiger partial charge on any atom is 0.180 e. The van der Waals surface area contributed by atoms with E-state index >= 15 is 0 Å². The van der Waals surface area contributed by atoms with Gasteiger partial charge >= 0.3 is 0 Å². The Hall–Kier alpha value is -4.11. The van der Waals surface area contributed by atoms with E-state index in [-0.39, 0.29) is 0 Å². The van der Waals surface area contributed by atoms with E-state index < -0.39 is 0 Å². The highest BCUT2D eigenvalue weighted by Gasteiger charge is 2.16. The Morgan fingerprint density at radius 2 is 1.74 bits per heavy atom. The normalized spacial score (nSPS) is 12.9. The average molecular weight is 510 g/mol. The molecule has 0 bridgehead atoms. The number of aryl methyl sites for hydroxylation is 1. The highest BCUT2D eigenvalue weighted by molar-refractivity contribution is 5.80. The number of benzene rings is 2. The molecule has 0 unspecified atom stereocenters. The summed E-state index contributed by atoms with van der Waals surface area (Å²) in [4.78, 5) is 4.91. The molecule has 3 N–H and O–H groups in total. The van der Waals surface area contributed by atoms with Crippen molar-refractivity contribution in [3.05, 3.63) is 77.6 Å². The zero-order valence-electron chi connectivity index (χ0n) is 22.1. The van der Waals surface area contributed by atoms with Crippen molar-refractivity contribution in [1.82, 2.24) is 40.5 Å². The van der Waals surface area contributed by atoms with Crippen LogP contribution < -0.4 is 10.6 Å². The monoisotopic (exact) mass is 509 g/mol. The number of H-pyrrole nitrogens is 1. The van der Waals surface area contributed by atoms with Gasteiger partial charge in [-0.1, -0.05) is 61.9 Å². The summed E-state index contributed by atoms with van der Waals surface area (Å²) in [7, 11) is 0.